The maximum absolute atomic E-state index is 12.7. The van der Waals surface area contributed by atoms with Gasteiger partial charge in [0.05, 0.1) is 6.54 Å². The molecule has 142 valence electrons. The summed E-state index contributed by atoms with van der Waals surface area (Å²) in [6.45, 7) is 6.36. The van der Waals surface area contributed by atoms with Crippen LogP contribution < -0.4 is 4.90 Å². The molecule has 0 unspecified atom stereocenters. The molecule has 0 bridgehead atoms. The molecule has 0 aromatic heterocycles. The van der Waals surface area contributed by atoms with Crippen molar-refractivity contribution in [3.8, 4) is 11.1 Å². The van der Waals surface area contributed by atoms with E-state index in [0.717, 1.165) is 37.3 Å². The fraction of sp³-hybridized carbons (Fsp3) is 0.240. The van der Waals surface area contributed by atoms with Gasteiger partial charge in [-0.1, -0.05) is 72.3 Å². The van der Waals surface area contributed by atoms with E-state index < -0.39 is 0 Å². The highest BCUT2D eigenvalue weighted by molar-refractivity contribution is 5.98. The van der Waals surface area contributed by atoms with Crippen molar-refractivity contribution >= 4 is 11.5 Å². The maximum atomic E-state index is 12.7. The fourth-order valence-corrected chi connectivity index (χ4v) is 3.69. The van der Waals surface area contributed by atoms with Gasteiger partial charge in [0, 0.05) is 37.4 Å². The van der Waals surface area contributed by atoms with Crippen LogP contribution in [0.15, 0.2) is 78.9 Å². The van der Waals surface area contributed by atoms with E-state index >= 15 is 0 Å². The Morgan fingerprint density at radius 3 is 2.00 bits per heavy atom. The molecule has 0 saturated carbocycles. The Hall–Kier alpha value is -2.91. The number of aryl methyl sites for hydroxylation is 1. The highest BCUT2D eigenvalue weighted by Crippen LogP contribution is 2.20. The zero-order valence-electron chi connectivity index (χ0n) is 16.3. The van der Waals surface area contributed by atoms with Crippen LogP contribution in [0, 0.1) is 6.92 Å². The van der Waals surface area contributed by atoms with Crippen LogP contribution in [-0.2, 0) is 0 Å². The van der Waals surface area contributed by atoms with Crippen LogP contribution in [0.25, 0.3) is 11.1 Å². The number of rotatable bonds is 5. The maximum Gasteiger partial charge on any atom is 0.176 e. The number of carbonyl (C=O) groups excluding carboxylic acids is 1. The highest BCUT2D eigenvalue weighted by Gasteiger charge is 2.19. The molecule has 0 atom stereocenters. The molecular weight excluding hydrogens is 344 g/mol. The average molecular weight is 370 g/mol. The molecule has 1 fully saturated rings. The molecule has 1 saturated heterocycles. The Bertz CT molecular complexity index is 909. The predicted octanol–water partition coefficient (Wildman–Crippen LogP) is 4.67. The number of anilines is 1. The first kappa shape index (κ1) is 18.5. The van der Waals surface area contributed by atoms with E-state index in [1.165, 1.54) is 16.8 Å². The lowest BCUT2D eigenvalue weighted by Gasteiger charge is -2.35. The van der Waals surface area contributed by atoms with E-state index in [9.17, 15) is 4.79 Å². The number of Topliss-reactive ketones (excluding diaryl/α,β-unsaturated/α-hetero) is 1. The molecular formula is C25H26N2O. The summed E-state index contributed by atoms with van der Waals surface area (Å²) in [4.78, 5) is 17.4. The van der Waals surface area contributed by atoms with Gasteiger partial charge < -0.3 is 4.90 Å². The molecule has 3 nitrogen and oxygen atoms in total. The minimum absolute atomic E-state index is 0.198. The standard InChI is InChI=1S/C25H26N2O/c1-20-7-13-24(14-8-20)27-17-15-26(16-18-27)19-25(28)23-11-9-22(10-12-23)21-5-3-2-4-6-21/h2-14H,15-19H2,1H3. The van der Waals surface area contributed by atoms with Gasteiger partial charge in [0.2, 0.25) is 0 Å². The quantitative estimate of drug-likeness (QED) is 0.610. The Morgan fingerprint density at radius 2 is 1.36 bits per heavy atom. The van der Waals surface area contributed by atoms with Crippen LogP contribution in [0.1, 0.15) is 15.9 Å². The van der Waals surface area contributed by atoms with Gasteiger partial charge >= 0.3 is 0 Å². The van der Waals surface area contributed by atoms with Crippen molar-refractivity contribution in [2.45, 2.75) is 6.92 Å². The zero-order chi connectivity index (χ0) is 19.3. The summed E-state index contributed by atoms with van der Waals surface area (Å²) in [5.41, 5.74) is 5.66. The monoisotopic (exact) mass is 370 g/mol. The molecule has 0 amide bonds. The molecule has 3 heteroatoms. The first-order chi connectivity index (χ1) is 13.7. The molecule has 1 aliphatic heterocycles. The molecule has 0 radical (unpaired) electrons. The van der Waals surface area contributed by atoms with Crippen molar-refractivity contribution in [2.24, 2.45) is 0 Å². The lowest BCUT2D eigenvalue weighted by molar-refractivity contribution is 0.0926. The van der Waals surface area contributed by atoms with Crippen LogP contribution >= 0.6 is 0 Å². The summed E-state index contributed by atoms with van der Waals surface area (Å²) < 4.78 is 0. The van der Waals surface area contributed by atoms with Crippen molar-refractivity contribution in [3.63, 3.8) is 0 Å². The molecule has 0 spiro atoms. The van der Waals surface area contributed by atoms with Gasteiger partial charge in [0.25, 0.3) is 0 Å². The molecule has 0 N–H and O–H groups in total. The van der Waals surface area contributed by atoms with Crippen LogP contribution in [-0.4, -0.2) is 43.4 Å². The smallest absolute Gasteiger partial charge is 0.176 e. The first-order valence-corrected chi connectivity index (χ1v) is 9.92. The molecule has 3 aromatic carbocycles. The van der Waals surface area contributed by atoms with Gasteiger partial charge in [-0.25, -0.2) is 0 Å². The third kappa shape index (κ3) is 4.32. The second kappa shape index (κ2) is 8.41. The second-order valence-corrected chi connectivity index (χ2v) is 7.47. The lowest BCUT2D eigenvalue weighted by atomic mass is 10.0. The summed E-state index contributed by atoms with van der Waals surface area (Å²) in [7, 11) is 0. The van der Waals surface area contributed by atoms with E-state index in [0.29, 0.717) is 6.54 Å². The third-order valence-electron chi connectivity index (χ3n) is 5.45. The van der Waals surface area contributed by atoms with Gasteiger partial charge in [-0.15, -0.1) is 0 Å². The normalized spacial score (nSPS) is 14.8. The average Bonchev–Trinajstić information content (AvgIpc) is 2.76. The largest absolute Gasteiger partial charge is 0.369 e. The SMILES string of the molecule is Cc1ccc(N2CCN(CC(=O)c3ccc(-c4ccccc4)cc3)CC2)cc1. The van der Waals surface area contributed by atoms with Crippen molar-refractivity contribution in [1.82, 2.24) is 4.90 Å². The number of hydrogen-bond donors (Lipinski definition) is 0. The Morgan fingerprint density at radius 1 is 0.750 bits per heavy atom. The highest BCUT2D eigenvalue weighted by atomic mass is 16.1. The van der Waals surface area contributed by atoms with Crippen molar-refractivity contribution < 1.29 is 4.79 Å². The zero-order valence-corrected chi connectivity index (χ0v) is 16.3. The number of ketones is 1. The van der Waals surface area contributed by atoms with Crippen molar-refractivity contribution in [1.29, 1.82) is 0 Å². The minimum atomic E-state index is 0.198. The number of hydrogen-bond acceptors (Lipinski definition) is 3. The van der Waals surface area contributed by atoms with Gasteiger partial charge in [-0.3, -0.25) is 9.69 Å². The summed E-state index contributed by atoms with van der Waals surface area (Å²) in [5, 5.41) is 0. The topological polar surface area (TPSA) is 23.6 Å². The third-order valence-corrected chi connectivity index (χ3v) is 5.45. The van der Waals surface area contributed by atoms with E-state index in [4.69, 9.17) is 0 Å². The van der Waals surface area contributed by atoms with E-state index in [2.05, 4.69) is 53.1 Å². The molecule has 3 aromatic rings. The summed E-state index contributed by atoms with van der Waals surface area (Å²) in [6.07, 6.45) is 0. The first-order valence-electron chi connectivity index (χ1n) is 9.92. The molecule has 4 rings (SSSR count). The van der Waals surface area contributed by atoms with Gasteiger partial charge in [0.1, 0.15) is 0 Å². The van der Waals surface area contributed by atoms with E-state index in [1.54, 1.807) is 0 Å². The molecule has 28 heavy (non-hydrogen) atoms. The Kier molecular flexibility index (Phi) is 5.54. The number of nitrogens with zero attached hydrogens (tertiary/aromatic N) is 2. The fourth-order valence-electron chi connectivity index (χ4n) is 3.69. The van der Waals surface area contributed by atoms with Crippen molar-refractivity contribution in [2.75, 3.05) is 37.6 Å². The summed E-state index contributed by atoms with van der Waals surface area (Å²) in [5.74, 6) is 0.198. The van der Waals surface area contributed by atoms with Gasteiger partial charge in [0.15, 0.2) is 5.78 Å². The molecule has 1 heterocycles. The summed E-state index contributed by atoms with van der Waals surface area (Å²) in [6, 6.07) is 26.9. The van der Waals surface area contributed by atoms with E-state index in [-0.39, 0.29) is 5.78 Å². The van der Waals surface area contributed by atoms with Gasteiger partial charge in [-0.05, 0) is 30.2 Å². The number of carbonyl (C=O) groups is 1. The van der Waals surface area contributed by atoms with Gasteiger partial charge in [-0.2, -0.15) is 0 Å². The number of benzene rings is 3. The lowest BCUT2D eigenvalue weighted by Crippen LogP contribution is -2.48. The van der Waals surface area contributed by atoms with E-state index in [1.807, 2.05) is 42.5 Å². The van der Waals surface area contributed by atoms with Crippen LogP contribution in [0.4, 0.5) is 5.69 Å². The predicted molar refractivity (Wildman–Crippen MR) is 116 cm³/mol. The Labute approximate surface area is 167 Å². The summed E-state index contributed by atoms with van der Waals surface area (Å²) >= 11 is 0. The molecule has 1 aliphatic rings. The molecule has 0 aliphatic carbocycles. The Balaban J connectivity index is 1.32. The van der Waals surface area contributed by atoms with Crippen LogP contribution in [0.5, 0.6) is 0 Å². The second-order valence-electron chi connectivity index (χ2n) is 7.47. The van der Waals surface area contributed by atoms with Crippen LogP contribution in [0.2, 0.25) is 0 Å². The van der Waals surface area contributed by atoms with Crippen LogP contribution in [0.3, 0.4) is 0 Å². The minimum Gasteiger partial charge on any atom is -0.369 e. The number of piperazine rings is 1. The van der Waals surface area contributed by atoms with Crippen molar-refractivity contribution in [3.05, 3.63) is 90.0 Å².